The molecule has 0 unspecified atom stereocenters. The Bertz CT molecular complexity index is 2230. The van der Waals surface area contributed by atoms with Crippen LogP contribution < -0.4 is 21.0 Å². The number of hydrogen-bond acceptors (Lipinski definition) is 13. The van der Waals surface area contributed by atoms with Gasteiger partial charge in [0, 0.05) is 47.2 Å². The second kappa shape index (κ2) is 19.2. The summed E-state index contributed by atoms with van der Waals surface area (Å²) in [6.45, 7) is 2.05. The van der Waals surface area contributed by atoms with Crippen molar-refractivity contribution in [3.05, 3.63) is 84.9 Å². The molecule has 1 aliphatic heterocycles. The maximum Gasteiger partial charge on any atom is 0.224 e. The Balaban J connectivity index is 1.42. The van der Waals surface area contributed by atoms with Gasteiger partial charge in [0.15, 0.2) is 0 Å². The predicted molar refractivity (Wildman–Crippen MR) is 216 cm³/mol. The standard InChI is InChI=1S/C42H42N6O9/c49-17-5-11-39(51)43-35-13-15-37(41-31(35)27-29-7-1-3-9-33(29)45-41)47-48(57-26-24-55-22-20-53-19-21-54-23-25-56-47)38-16-14-36(44-40(52)12-6-18-50)32-28-30-8-2-4-10-34(30)46-42(32)38/h1-4,7-10,13-18,27-28H,5-6,11-12,19-26H2,(H,43,51)(H,44,52). The molecule has 2 aromatic heterocycles. The van der Waals surface area contributed by atoms with E-state index < -0.39 is 0 Å². The summed E-state index contributed by atoms with van der Waals surface area (Å²) in [5, 5.41) is 11.8. The van der Waals surface area contributed by atoms with E-state index in [0.29, 0.717) is 94.6 Å². The summed E-state index contributed by atoms with van der Waals surface area (Å²) in [7, 11) is 0. The Morgan fingerprint density at radius 3 is 1.39 bits per heavy atom. The molecule has 1 aliphatic rings. The molecular formula is C42H42N6O9. The summed E-state index contributed by atoms with van der Waals surface area (Å²) in [5.41, 5.74) is 4.25. The molecule has 1 saturated heterocycles. The number of nitrogens with one attached hydrogen (secondary N) is 2. The van der Waals surface area contributed by atoms with Gasteiger partial charge in [-0.25, -0.2) is 19.6 Å². The number of carbonyl (C=O) groups excluding carboxylic acids is 4. The Morgan fingerprint density at radius 1 is 0.561 bits per heavy atom. The number of nitrogens with zero attached hydrogens (tertiary/aromatic N) is 4. The lowest BCUT2D eigenvalue weighted by atomic mass is 10.1. The summed E-state index contributed by atoms with van der Waals surface area (Å²) in [4.78, 5) is 71.2. The highest BCUT2D eigenvalue weighted by atomic mass is 16.8. The summed E-state index contributed by atoms with van der Waals surface area (Å²) in [5.74, 6) is -0.632. The van der Waals surface area contributed by atoms with Crippen molar-refractivity contribution in [2.45, 2.75) is 25.7 Å². The maximum absolute atomic E-state index is 12.9. The van der Waals surface area contributed by atoms with Gasteiger partial charge in [-0.05, 0) is 48.5 Å². The lowest BCUT2D eigenvalue weighted by Crippen LogP contribution is -2.45. The average Bonchev–Trinajstić information content (AvgIpc) is 3.24. The molecule has 1 fully saturated rings. The van der Waals surface area contributed by atoms with Crippen LogP contribution in [-0.2, 0) is 43.1 Å². The summed E-state index contributed by atoms with van der Waals surface area (Å²) in [6, 6.07) is 26.2. The Labute approximate surface area is 327 Å². The number of fused-ring (bicyclic) bond motifs is 4. The second-order valence-corrected chi connectivity index (χ2v) is 13.0. The van der Waals surface area contributed by atoms with Gasteiger partial charge in [0.05, 0.1) is 62.0 Å². The lowest BCUT2D eigenvalue weighted by molar-refractivity contribution is -0.118. The molecule has 2 amide bonds. The first-order valence-electron chi connectivity index (χ1n) is 18.8. The minimum absolute atomic E-state index is 0.0278. The van der Waals surface area contributed by atoms with Crippen LogP contribution in [0.15, 0.2) is 84.9 Å². The van der Waals surface area contributed by atoms with Gasteiger partial charge in [0.2, 0.25) is 11.8 Å². The number of hydrazine groups is 1. The molecule has 6 aromatic rings. The van der Waals surface area contributed by atoms with Crippen molar-refractivity contribution >= 4 is 90.7 Å². The molecule has 7 rings (SSSR count). The third-order valence-corrected chi connectivity index (χ3v) is 9.06. The van der Waals surface area contributed by atoms with E-state index in [1.54, 1.807) is 24.3 Å². The molecule has 0 aliphatic carbocycles. The van der Waals surface area contributed by atoms with E-state index in [0.717, 1.165) is 10.8 Å². The van der Waals surface area contributed by atoms with Crippen molar-refractivity contribution < 1.29 is 43.1 Å². The molecule has 0 bridgehead atoms. The van der Waals surface area contributed by atoms with Crippen LogP contribution in [0.3, 0.4) is 0 Å². The van der Waals surface area contributed by atoms with Gasteiger partial charge in [0.25, 0.3) is 0 Å². The van der Waals surface area contributed by atoms with Crippen molar-refractivity contribution in [2.75, 3.05) is 73.8 Å². The average molecular weight is 775 g/mol. The van der Waals surface area contributed by atoms with Crippen LogP contribution in [0.5, 0.6) is 0 Å². The number of aromatic nitrogens is 2. The molecule has 3 heterocycles. The van der Waals surface area contributed by atoms with E-state index in [-0.39, 0.29) is 63.9 Å². The van der Waals surface area contributed by atoms with Crippen LogP contribution in [-0.4, -0.2) is 87.2 Å². The number of pyridine rings is 2. The van der Waals surface area contributed by atoms with Crippen LogP contribution in [0.25, 0.3) is 43.6 Å². The fraction of sp³-hybridized carbons (Fsp3) is 0.286. The van der Waals surface area contributed by atoms with Gasteiger partial charge in [-0.2, -0.15) is 0 Å². The summed E-state index contributed by atoms with van der Waals surface area (Å²) >= 11 is 0. The highest BCUT2D eigenvalue weighted by Gasteiger charge is 2.27. The Morgan fingerprint density at radius 2 is 0.965 bits per heavy atom. The molecule has 0 atom stereocenters. The van der Waals surface area contributed by atoms with Crippen LogP contribution in [0.4, 0.5) is 22.7 Å². The van der Waals surface area contributed by atoms with Crippen LogP contribution >= 0.6 is 0 Å². The van der Waals surface area contributed by atoms with E-state index in [4.69, 9.17) is 33.9 Å². The first-order valence-corrected chi connectivity index (χ1v) is 18.8. The van der Waals surface area contributed by atoms with Gasteiger partial charge in [-0.15, -0.1) is 10.3 Å². The van der Waals surface area contributed by atoms with Gasteiger partial charge in [-0.1, -0.05) is 36.4 Å². The number of aldehydes is 2. The van der Waals surface area contributed by atoms with Crippen molar-refractivity contribution in [1.29, 1.82) is 0 Å². The first-order chi connectivity index (χ1) is 28.0. The number of amides is 2. The fourth-order valence-electron chi connectivity index (χ4n) is 6.37. The zero-order valence-corrected chi connectivity index (χ0v) is 31.2. The molecule has 0 spiro atoms. The van der Waals surface area contributed by atoms with Gasteiger partial charge in [-0.3, -0.25) is 9.59 Å². The smallest absolute Gasteiger partial charge is 0.224 e. The molecule has 0 radical (unpaired) electrons. The highest BCUT2D eigenvalue weighted by Crippen LogP contribution is 2.39. The molecule has 2 N–H and O–H groups in total. The zero-order valence-electron chi connectivity index (χ0n) is 31.2. The van der Waals surface area contributed by atoms with E-state index in [1.165, 1.54) is 10.3 Å². The number of ether oxygens (including phenoxy) is 3. The number of anilines is 4. The SMILES string of the molecule is O=CCCC(=O)Nc1ccc(N2OCCOCCOCCOCCON2c2ccc(NC(=O)CCC=O)c3cc4ccccc4nc23)c2nc3ccccc3cc12. The van der Waals surface area contributed by atoms with Crippen LogP contribution in [0.1, 0.15) is 25.7 Å². The highest BCUT2D eigenvalue weighted by molar-refractivity contribution is 6.11. The van der Waals surface area contributed by atoms with Crippen molar-refractivity contribution in [3.63, 3.8) is 0 Å². The van der Waals surface area contributed by atoms with Gasteiger partial charge >= 0.3 is 0 Å². The first kappa shape index (κ1) is 39.1. The van der Waals surface area contributed by atoms with E-state index in [2.05, 4.69) is 10.6 Å². The zero-order chi connectivity index (χ0) is 39.4. The Kier molecular flexibility index (Phi) is 13.2. The molecule has 4 aromatic carbocycles. The quantitative estimate of drug-likeness (QED) is 0.121. The van der Waals surface area contributed by atoms with E-state index >= 15 is 0 Å². The molecule has 15 nitrogen and oxygen atoms in total. The van der Waals surface area contributed by atoms with Crippen molar-refractivity contribution in [3.8, 4) is 0 Å². The minimum Gasteiger partial charge on any atom is -0.377 e. The molecule has 15 heteroatoms. The van der Waals surface area contributed by atoms with E-state index in [1.807, 2.05) is 60.7 Å². The monoisotopic (exact) mass is 774 g/mol. The molecule has 294 valence electrons. The number of carbonyl (C=O) groups is 4. The molecule has 0 saturated carbocycles. The van der Waals surface area contributed by atoms with Crippen molar-refractivity contribution in [2.24, 2.45) is 0 Å². The molecule has 57 heavy (non-hydrogen) atoms. The fourth-order valence-corrected chi connectivity index (χ4v) is 6.37. The van der Waals surface area contributed by atoms with Gasteiger partial charge in [0.1, 0.15) is 48.2 Å². The number of hydrogen-bond donors (Lipinski definition) is 2. The predicted octanol–water partition coefficient (Wildman–Crippen LogP) is 6.08. The lowest BCUT2D eigenvalue weighted by Gasteiger charge is -2.36. The minimum atomic E-state index is -0.316. The van der Waals surface area contributed by atoms with E-state index in [9.17, 15) is 19.2 Å². The largest absolute Gasteiger partial charge is 0.377 e. The number of para-hydroxylation sites is 2. The maximum atomic E-state index is 12.9. The topological polar surface area (TPSA) is 171 Å². The summed E-state index contributed by atoms with van der Waals surface area (Å²) in [6.07, 6.45) is 1.66. The van der Waals surface area contributed by atoms with Crippen LogP contribution in [0, 0.1) is 0 Å². The summed E-state index contributed by atoms with van der Waals surface area (Å²) < 4.78 is 17.3. The number of rotatable bonds is 10. The normalized spacial score (nSPS) is 14.9. The third-order valence-electron chi connectivity index (χ3n) is 9.06. The van der Waals surface area contributed by atoms with Gasteiger partial charge < -0.3 is 34.4 Å². The number of benzene rings is 4. The van der Waals surface area contributed by atoms with Crippen LogP contribution in [0.2, 0.25) is 0 Å². The van der Waals surface area contributed by atoms with Crippen molar-refractivity contribution in [1.82, 2.24) is 9.97 Å². The second-order valence-electron chi connectivity index (χ2n) is 13.0. The molecular weight excluding hydrogens is 732 g/mol. The Hall–Kier alpha value is -6.10. The third kappa shape index (κ3) is 9.48.